The van der Waals surface area contributed by atoms with E-state index in [0.717, 1.165) is 23.7 Å². The number of nitriles is 1. The van der Waals surface area contributed by atoms with Crippen LogP contribution < -0.4 is 0 Å². The Labute approximate surface area is 140 Å². The number of aryl methyl sites for hydroxylation is 2. The maximum atomic E-state index is 12.8. The Hall–Kier alpha value is -2.93. The first-order valence-corrected chi connectivity index (χ1v) is 8.26. The van der Waals surface area contributed by atoms with Crippen molar-refractivity contribution in [2.24, 2.45) is 0 Å². The van der Waals surface area contributed by atoms with Crippen molar-refractivity contribution in [2.75, 3.05) is 0 Å². The topological polar surface area (TPSA) is 69.5 Å². The van der Waals surface area contributed by atoms with Gasteiger partial charge in [-0.3, -0.25) is 9.78 Å². The summed E-state index contributed by atoms with van der Waals surface area (Å²) in [4.78, 5) is 20.5. The summed E-state index contributed by atoms with van der Waals surface area (Å²) in [5.74, 6) is -1.05. The summed E-state index contributed by atoms with van der Waals surface area (Å²) in [5.41, 5.74) is 4.78. The fourth-order valence-corrected chi connectivity index (χ4v) is 3.53. The molecule has 2 aromatic heterocycles. The molecule has 3 aromatic rings. The molecule has 2 heterocycles. The molecule has 0 bridgehead atoms. The van der Waals surface area contributed by atoms with E-state index >= 15 is 0 Å². The van der Waals surface area contributed by atoms with Gasteiger partial charge in [0.1, 0.15) is 0 Å². The third kappa shape index (κ3) is 2.39. The number of hydrogen-bond donors (Lipinski definition) is 1. The van der Waals surface area contributed by atoms with Gasteiger partial charge in [-0.15, -0.1) is 0 Å². The predicted molar refractivity (Wildman–Crippen MR) is 91.9 cm³/mol. The Morgan fingerprint density at radius 3 is 2.88 bits per heavy atom. The number of nitrogens with one attached hydrogen (secondary N) is 1. The van der Waals surface area contributed by atoms with Gasteiger partial charge in [-0.05, 0) is 61.6 Å². The summed E-state index contributed by atoms with van der Waals surface area (Å²) in [6.45, 7) is 0. The van der Waals surface area contributed by atoms with Crippen molar-refractivity contribution in [1.82, 2.24) is 9.97 Å². The fourth-order valence-electron chi connectivity index (χ4n) is 3.53. The second-order valence-electron chi connectivity index (χ2n) is 6.23. The highest BCUT2D eigenvalue weighted by Crippen LogP contribution is 2.30. The Kier molecular flexibility index (Phi) is 3.62. The largest absolute Gasteiger partial charge is 0.358 e. The maximum Gasteiger partial charge on any atom is 0.186 e. The van der Waals surface area contributed by atoms with E-state index in [2.05, 4.69) is 16.0 Å². The number of pyridine rings is 1. The van der Waals surface area contributed by atoms with Gasteiger partial charge >= 0.3 is 0 Å². The molecule has 24 heavy (non-hydrogen) atoms. The number of aromatic nitrogens is 2. The first-order valence-electron chi connectivity index (χ1n) is 8.26. The third-order valence-electron chi connectivity index (χ3n) is 4.76. The Balaban J connectivity index is 1.76. The van der Waals surface area contributed by atoms with Crippen molar-refractivity contribution in [1.29, 1.82) is 5.26 Å². The number of Topliss-reactive ketones (excluding diaryl/α,β-unsaturated/α-hetero) is 1. The minimum Gasteiger partial charge on any atom is -0.358 e. The zero-order chi connectivity index (χ0) is 16.5. The van der Waals surface area contributed by atoms with Gasteiger partial charge < -0.3 is 4.98 Å². The third-order valence-corrected chi connectivity index (χ3v) is 4.76. The molecule has 118 valence electrons. The molecule has 4 nitrogen and oxygen atoms in total. The van der Waals surface area contributed by atoms with E-state index < -0.39 is 5.92 Å². The molecule has 0 spiro atoms. The smallest absolute Gasteiger partial charge is 0.186 e. The van der Waals surface area contributed by atoms with Gasteiger partial charge in [0.2, 0.25) is 0 Å². The number of carbonyl (C=O) groups is 1. The molecule has 0 radical (unpaired) electrons. The molecule has 1 aliphatic rings. The van der Waals surface area contributed by atoms with E-state index in [0.29, 0.717) is 11.3 Å². The van der Waals surface area contributed by atoms with Crippen molar-refractivity contribution >= 4 is 16.7 Å². The van der Waals surface area contributed by atoms with Crippen LogP contribution in [0.2, 0.25) is 0 Å². The van der Waals surface area contributed by atoms with Crippen LogP contribution in [0.3, 0.4) is 0 Å². The molecule has 0 aliphatic heterocycles. The van der Waals surface area contributed by atoms with Crippen LogP contribution >= 0.6 is 0 Å². The zero-order valence-corrected chi connectivity index (χ0v) is 13.2. The predicted octanol–water partition coefficient (Wildman–Crippen LogP) is 3.93. The normalized spacial score (nSPS) is 14.8. The van der Waals surface area contributed by atoms with Crippen molar-refractivity contribution in [3.63, 3.8) is 0 Å². The lowest BCUT2D eigenvalue weighted by Crippen LogP contribution is -2.12. The SMILES string of the molecule is N#C[C@H](C(=O)c1ccc2[nH]c3c(c2c1)CCCC3)c1ccccn1. The number of H-pyrrole nitrogens is 1. The van der Waals surface area contributed by atoms with Crippen molar-refractivity contribution < 1.29 is 4.79 Å². The molecule has 0 unspecified atom stereocenters. The Morgan fingerprint density at radius 2 is 2.08 bits per heavy atom. The Bertz CT molecular complexity index is 950. The monoisotopic (exact) mass is 315 g/mol. The highest BCUT2D eigenvalue weighted by molar-refractivity contribution is 6.05. The highest BCUT2D eigenvalue weighted by Gasteiger charge is 2.24. The summed E-state index contributed by atoms with van der Waals surface area (Å²) in [5, 5.41) is 10.6. The van der Waals surface area contributed by atoms with E-state index in [9.17, 15) is 10.1 Å². The molecule has 0 amide bonds. The molecule has 4 rings (SSSR count). The fraction of sp³-hybridized carbons (Fsp3) is 0.250. The number of aromatic amines is 1. The number of benzene rings is 1. The second-order valence-corrected chi connectivity index (χ2v) is 6.23. The molecule has 4 heteroatoms. The molecule has 1 aromatic carbocycles. The quantitative estimate of drug-likeness (QED) is 0.744. The minimum absolute atomic E-state index is 0.191. The molecule has 1 N–H and O–H groups in total. The summed E-state index contributed by atoms with van der Waals surface area (Å²) >= 11 is 0. The molecule has 0 fully saturated rings. The van der Waals surface area contributed by atoms with Crippen molar-refractivity contribution in [3.05, 3.63) is 65.1 Å². The van der Waals surface area contributed by atoms with Crippen LogP contribution in [-0.2, 0) is 12.8 Å². The molecule has 1 aliphatic carbocycles. The molecule has 0 saturated heterocycles. The first kappa shape index (κ1) is 14.6. The van der Waals surface area contributed by atoms with Crippen molar-refractivity contribution in [2.45, 2.75) is 31.6 Å². The van der Waals surface area contributed by atoms with Gasteiger partial charge in [0, 0.05) is 28.4 Å². The molecular weight excluding hydrogens is 298 g/mol. The van der Waals surface area contributed by atoms with Crippen LogP contribution in [0.1, 0.15) is 46.1 Å². The van der Waals surface area contributed by atoms with E-state index in [1.165, 1.54) is 24.1 Å². The lowest BCUT2D eigenvalue weighted by Gasteiger charge is -2.11. The van der Waals surface area contributed by atoms with E-state index in [-0.39, 0.29) is 5.78 Å². The van der Waals surface area contributed by atoms with Gasteiger partial charge in [0.15, 0.2) is 11.7 Å². The number of hydrogen-bond acceptors (Lipinski definition) is 3. The second kappa shape index (κ2) is 5.93. The van der Waals surface area contributed by atoms with Crippen LogP contribution in [0.15, 0.2) is 42.6 Å². The standard InChI is InChI=1S/C20H17N3O/c21-12-16(17-6-3-4-10-22-17)20(24)13-8-9-19-15(11-13)14-5-1-2-7-18(14)23-19/h3-4,6,8-11,16,23H,1-2,5,7H2/t16-/m0/s1. The van der Waals surface area contributed by atoms with Crippen LogP contribution in [0.5, 0.6) is 0 Å². The highest BCUT2D eigenvalue weighted by atomic mass is 16.1. The minimum atomic E-state index is -0.863. The van der Waals surface area contributed by atoms with Gasteiger partial charge in [0.05, 0.1) is 11.8 Å². The first-order chi connectivity index (χ1) is 11.8. The lowest BCUT2D eigenvalue weighted by atomic mass is 9.92. The number of nitrogens with zero attached hydrogens (tertiary/aromatic N) is 2. The molecule has 1 atom stereocenters. The molecular formula is C20H17N3O. The van der Waals surface area contributed by atoms with Crippen LogP contribution in [0.25, 0.3) is 10.9 Å². The summed E-state index contributed by atoms with van der Waals surface area (Å²) in [6.07, 6.45) is 6.13. The van der Waals surface area contributed by atoms with E-state index in [1.807, 2.05) is 12.1 Å². The maximum absolute atomic E-state index is 12.8. The zero-order valence-electron chi connectivity index (χ0n) is 13.2. The summed E-state index contributed by atoms with van der Waals surface area (Å²) in [6, 6.07) is 13.1. The van der Waals surface area contributed by atoms with E-state index in [1.54, 1.807) is 30.5 Å². The number of rotatable bonds is 3. The van der Waals surface area contributed by atoms with Crippen LogP contribution in [0.4, 0.5) is 0 Å². The number of fused-ring (bicyclic) bond motifs is 3. The lowest BCUT2D eigenvalue weighted by molar-refractivity contribution is 0.0977. The number of carbonyl (C=O) groups excluding carboxylic acids is 1. The van der Waals surface area contributed by atoms with E-state index in [4.69, 9.17) is 0 Å². The van der Waals surface area contributed by atoms with Crippen LogP contribution in [0, 0.1) is 11.3 Å². The summed E-state index contributed by atoms with van der Waals surface area (Å²) in [7, 11) is 0. The van der Waals surface area contributed by atoms with Gasteiger partial charge in [-0.1, -0.05) is 6.07 Å². The molecule has 0 saturated carbocycles. The number of ketones is 1. The van der Waals surface area contributed by atoms with Gasteiger partial charge in [-0.2, -0.15) is 5.26 Å². The van der Waals surface area contributed by atoms with Gasteiger partial charge in [0.25, 0.3) is 0 Å². The van der Waals surface area contributed by atoms with Crippen molar-refractivity contribution in [3.8, 4) is 6.07 Å². The summed E-state index contributed by atoms with van der Waals surface area (Å²) < 4.78 is 0. The average Bonchev–Trinajstić information content (AvgIpc) is 3.01. The van der Waals surface area contributed by atoms with Crippen LogP contribution in [-0.4, -0.2) is 15.8 Å². The van der Waals surface area contributed by atoms with Gasteiger partial charge in [-0.25, -0.2) is 0 Å². The Morgan fingerprint density at radius 1 is 1.21 bits per heavy atom. The average molecular weight is 315 g/mol.